The normalized spacial score (nSPS) is 12.0. The highest BCUT2D eigenvalue weighted by molar-refractivity contribution is 7.89. The van der Waals surface area contributed by atoms with E-state index in [2.05, 4.69) is 5.32 Å². The van der Waals surface area contributed by atoms with Gasteiger partial charge in [-0.1, -0.05) is 23.7 Å². The van der Waals surface area contributed by atoms with E-state index < -0.39 is 44.8 Å². The summed E-state index contributed by atoms with van der Waals surface area (Å²) in [6, 6.07) is 6.17. The average Bonchev–Trinajstić information content (AvgIpc) is 2.57. The first-order chi connectivity index (χ1) is 12.9. The summed E-state index contributed by atoms with van der Waals surface area (Å²) in [6.07, 6.45) is -3.85. The first kappa shape index (κ1) is 21.9. The summed E-state index contributed by atoms with van der Waals surface area (Å²) >= 11 is 5.52. The molecule has 152 valence electrons. The van der Waals surface area contributed by atoms with Crippen LogP contribution in [0.2, 0.25) is 5.02 Å². The predicted molar refractivity (Wildman–Crippen MR) is 95.2 cm³/mol. The zero-order valence-corrected chi connectivity index (χ0v) is 15.7. The molecule has 1 aromatic carbocycles. The minimum Gasteiger partial charge on any atom is -0.354 e. The van der Waals surface area contributed by atoms with Crippen molar-refractivity contribution < 1.29 is 26.4 Å². The van der Waals surface area contributed by atoms with Gasteiger partial charge in [0.15, 0.2) is 0 Å². The number of carbonyl (C=O) groups is 1. The van der Waals surface area contributed by atoms with Crippen molar-refractivity contribution in [1.29, 1.82) is 0 Å². The summed E-state index contributed by atoms with van der Waals surface area (Å²) in [7, 11) is -3.80. The molecule has 0 radical (unpaired) electrons. The number of benzene rings is 1. The number of hydrogen-bond acceptors (Lipinski definition) is 4. The van der Waals surface area contributed by atoms with Crippen LogP contribution in [-0.2, 0) is 34.0 Å². The van der Waals surface area contributed by atoms with Crippen LogP contribution in [-0.4, -0.2) is 25.4 Å². The van der Waals surface area contributed by atoms with Crippen LogP contribution in [0.1, 0.15) is 11.1 Å². The molecular weight excluding hydrogens is 423 g/mol. The van der Waals surface area contributed by atoms with Crippen molar-refractivity contribution >= 4 is 27.5 Å². The Morgan fingerprint density at radius 3 is 2.36 bits per heavy atom. The molecule has 1 amide bonds. The van der Waals surface area contributed by atoms with Crippen LogP contribution in [0.3, 0.4) is 0 Å². The number of hydrogen-bond donors (Lipinski definition) is 2. The fraction of sp³-hybridized carbons (Fsp3) is 0.250. The molecule has 1 aromatic heterocycles. The number of rotatable bonds is 6. The minimum absolute atomic E-state index is 0.0546. The molecule has 0 saturated carbocycles. The Labute approximate surface area is 163 Å². The van der Waals surface area contributed by atoms with E-state index in [1.807, 2.05) is 0 Å². The lowest BCUT2D eigenvalue weighted by Crippen LogP contribution is -2.34. The first-order valence-corrected chi connectivity index (χ1v) is 9.66. The SMILES string of the molecule is NS(=O)(=O)c1ccc(CCNC(=O)Cn2cc(C(F)(F)F)cc(Cl)c2=O)cc1. The van der Waals surface area contributed by atoms with E-state index in [1.54, 1.807) is 0 Å². The van der Waals surface area contributed by atoms with Crippen molar-refractivity contribution in [3.05, 3.63) is 63.0 Å². The molecule has 28 heavy (non-hydrogen) atoms. The number of nitrogens with one attached hydrogen (secondary N) is 1. The van der Waals surface area contributed by atoms with Gasteiger partial charge in [0.25, 0.3) is 5.56 Å². The van der Waals surface area contributed by atoms with Gasteiger partial charge in [0.05, 0.1) is 10.5 Å². The number of pyridine rings is 1. The number of nitrogens with two attached hydrogens (primary N) is 1. The zero-order chi connectivity index (χ0) is 21.1. The van der Waals surface area contributed by atoms with Crippen LogP contribution >= 0.6 is 11.6 Å². The van der Waals surface area contributed by atoms with Crippen molar-refractivity contribution in [1.82, 2.24) is 9.88 Å². The smallest absolute Gasteiger partial charge is 0.354 e. The van der Waals surface area contributed by atoms with Gasteiger partial charge >= 0.3 is 6.18 Å². The lowest BCUT2D eigenvalue weighted by molar-refractivity contribution is -0.138. The molecule has 0 spiro atoms. The molecular formula is C16H15ClF3N3O4S. The fourth-order valence-electron chi connectivity index (χ4n) is 2.27. The topological polar surface area (TPSA) is 111 Å². The van der Waals surface area contributed by atoms with Gasteiger partial charge in [-0.15, -0.1) is 0 Å². The van der Waals surface area contributed by atoms with Crippen LogP contribution in [0.4, 0.5) is 13.2 Å². The Hall–Kier alpha value is -2.37. The lowest BCUT2D eigenvalue weighted by atomic mass is 10.1. The quantitative estimate of drug-likeness (QED) is 0.713. The van der Waals surface area contributed by atoms with Crippen LogP contribution in [0, 0.1) is 0 Å². The van der Waals surface area contributed by atoms with Gasteiger partial charge in [0, 0.05) is 12.7 Å². The molecule has 3 N–H and O–H groups in total. The van der Waals surface area contributed by atoms with Crippen molar-refractivity contribution in [3.63, 3.8) is 0 Å². The number of alkyl halides is 3. The Bertz CT molecular complexity index is 1030. The van der Waals surface area contributed by atoms with Gasteiger partial charge in [-0.2, -0.15) is 13.2 Å². The molecule has 1 heterocycles. The van der Waals surface area contributed by atoms with E-state index in [0.29, 0.717) is 28.8 Å². The Balaban J connectivity index is 1.98. The summed E-state index contributed by atoms with van der Waals surface area (Å²) in [4.78, 5) is 23.7. The molecule has 0 aliphatic rings. The van der Waals surface area contributed by atoms with Gasteiger partial charge in [0.2, 0.25) is 15.9 Å². The van der Waals surface area contributed by atoms with Crippen LogP contribution < -0.4 is 16.0 Å². The third-order valence-corrected chi connectivity index (χ3v) is 4.87. The van der Waals surface area contributed by atoms with E-state index in [4.69, 9.17) is 16.7 Å². The van der Waals surface area contributed by atoms with Crippen LogP contribution in [0.25, 0.3) is 0 Å². The number of halogens is 4. The highest BCUT2D eigenvalue weighted by Crippen LogP contribution is 2.29. The molecule has 0 bridgehead atoms. The monoisotopic (exact) mass is 437 g/mol. The molecule has 0 aliphatic heterocycles. The average molecular weight is 438 g/mol. The minimum atomic E-state index is -4.71. The highest BCUT2D eigenvalue weighted by atomic mass is 35.5. The molecule has 0 saturated heterocycles. The maximum Gasteiger partial charge on any atom is 0.417 e. The third-order valence-electron chi connectivity index (χ3n) is 3.67. The van der Waals surface area contributed by atoms with Crippen molar-refractivity contribution in [2.75, 3.05) is 6.54 Å². The Kier molecular flexibility index (Phi) is 6.52. The Morgan fingerprint density at radius 2 is 1.82 bits per heavy atom. The first-order valence-electron chi connectivity index (χ1n) is 7.73. The predicted octanol–water partition coefficient (Wildman–Crippen LogP) is 1.53. The molecule has 0 atom stereocenters. The summed E-state index contributed by atoms with van der Waals surface area (Å²) in [6.45, 7) is -0.512. The second-order valence-electron chi connectivity index (χ2n) is 5.80. The molecule has 2 rings (SSSR count). The van der Waals surface area contributed by atoms with Gasteiger partial charge in [-0.05, 0) is 30.2 Å². The standard InChI is InChI=1S/C16H15ClF3N3O4S/c17-13-7-11(16(18,19)20)8-23(15(13)25)9-14(24)22-6-5-10-1-3-12(4-2-10)28(21,26)27/h1-4,7-8H,5-6,9H2,(H,22,24)(H2,21,26,27). The number of primary sulfonamides is 1. The molecule has 12 heteroatoms. The second kappa shape index (κ2) is 8.33. The van der Waals surface area contributed by atoms with Crippen molar-refractivity contribution in [3.8, 4) is 0 Å². The lowest BCUT2D eigenvalue weighted by Gasteiger charge is -2.12. The molecule has 0 fully saturated rings. The Morgan fingerprint density at radius 1 is 1.21 bits per heavy atom. The van der Waals surface area contributed by atoms with Gasteiger partial charge in [-0.3, -0.25) is 9.59 Å². The number of nitrogens with zero attached hydrogens (tertiary/aromatic N) is 1. The number of amides is 1. The molecule has 0 aliphatic carbocycles. The van der Waals surface area contributed by atoms with E-state index >= 15 is 0 Å². The largest absolute Gasteiger partial charge is 0.417 e. The highest BCUT2D eigenvalue weighted by Gasteiger charge is 2.32. The second-order valence-corrected chi connectivity index (χ2v) is 7.77. The van der Waals surface area contributed by atoms with Crippen LogP contribution in [0.5, 0.6) is 0 Å². The summed E-state index contributed by atoms with van der Waals surface area (Å²) in [5, 5.41) is 6.81. The molecule has 2 aromatic rings. The van der Waals surface area contributed by atoms with Crippen LogP contribution in [0.15, 0.2) is 46.2 Å². The van der Waals surface area contributed by atoms with Gasteiger partial charge < -0.3 is 9.88 Å². The summed E-state index contributed by atoms with van der Waals surface area (Å²) in [5.41, 5.74) is -1.35. The fourth-order valence-corrected chi connectivity index (χ4v) is 3.02. The summed E-state index contributed by atoms with van der Waals surface area (Å²) < 4.78 is 61.3. The van der Waals surface area contributed by atoms with Gasteiger partial charge in [0.1, 0.15) is 11.6 Å². The zero-order valence-electron chi connectivity index (χ0n) is 14.2. The van der Waals surface area contributed by atoms with Crippen molar-refractivity contribution in [2.45, 2.75) is 24.0 Å². The number of aromatic nitrogens is 1. The summed E-state index contributed by atoms with van der Waals surface area (Å²) in [5.74, 6) is -0.682. The van der Waals surface area contributed by atoms with E-state index in [1.165, 1.54) is 24.3 Å². The molecule has 7 nitrogen and oxygen atoms in total. The van der Waals surface area contributed by atoms with E-state index in [0.717, 1.165) is 0 Å². The maximum absolute atomic E-state index is 12.8. The third kappa shape index (κ3) is 5.81. The number of sulfonamides is 1. The van der Waals surface area contributed by atoms with E-state index in [-0.39, 0.29) is 11.4 Å². The van der Waals surface area contributed by atoms with Gasteiger partial charge in [-0.25, -0.2) is 13.6 Å². The number of carbonyl (C=O) groups excluding carboxylic acids is 1. The van der Waals surface area contributed by atoms with Crippen molar-refractivity contribution in [2.24, 2.45) is 5.14 Å². The maximum atomic E-state index is 12.8. The molecule has 0 unspecified atom stereocenters. The van der Waals surface area contributed by atoms with E-state index in [9.17, 15) is 31.2 Å².